The molecule has 0 radical (unpaired) electrons. The normalized spacial score (nSPS) is 20.3. The quantitative estimate of drug-likeness (QED) is 0.433. The molecule has 2 heterocycles. The van der Waals surface area contributed by atoms with Gasteiger partial charge in [-0.05, 0) is 74.5 Å². The number of carbonyl (C=O) groups excluding carboxylic acids is 1. The van der Waals surface area contributed by atoms with Gasteiger partial charge >= 0.3 is 0 Å². The van der Waals surface area contributed by atoms with Crippen LogP contribution in [0.15, 0.2) is 54.7 Å². The minimum atomic E-state index is -1.19. The van der Waals surface area contributed by atoms with Crippen LogP contribution in [0.1, 0.15) is 47.5 Å². The Morgan fingerprint density at radius 3 is 2.26 bits per heavy atom. The smallest absolute Gasteiger partial charge is 0.187 e. The van der Waals surface area contributed by atoms with Crippen LogP contribution in [0, 0.1) is 11.6 Å². The molecule has 0 amide bonds. The Labute approximate surface area is 209 Å². The van der Waals surface area contributed by atoms with Gasteiger partial charge in [-0.3, -0.25) is 4.79 Å². The second-order valence-corrected chi connectivity index (χ2v) is 10.1. The zero-order valence-electron chi connectivity index (χ0n) is 19.5. The van der Waals surface area contributed by atoms with Gasteiger partial charge < -0.3 is 20.0 Å². The van der Waals surface area contributed by atoms with Crippen LogP contribution in [0.2, 0.25) is 5.02 Å². The maximum absolute atomic E-state index is 13.3. The number of allylic oxidation sites excluding steroid dienone is 1. The molecule has 2 aromatic rings. The molecule has 2 aromatic carbocycles. The van der Waals surface area contributed by atoms with Gasteiger partial charge in [0, 0.05) is 48.6 Å². The van der Waals surface area contributed by atoms with Crippen LogP contribution in [-0.2, 0) is 0 Å². The Morgan fingerprint density at radius 2 is 1.66 bits per heavy atom. The van der Waals surface area contributed by atoms with Crippen LogP contribution in [0.25, 0.3) is 0 Å². The number of β-amino-alcohol motifs (C(OH)–C–C–N with tert-alkyl or cyclic N) is 1. The third-order valence-corrected chi connectivity index (χ3v) is 7.48. The van der Waals surface area contributed by atoms with Crippen LogP contribution in [0.3, 0.4) is 0 Å². The van der Waals surface area contributed by atoms with Gasteiger partial charge in [-0.25, -0.2) is 8.78 Å². The molecule has 0 aromatic heterocycles. The van der Waals surface area contributed by atoms with Crippen molar-refractivity contribution in [3.8, 4) is 0 Å². The van der Waals surface area contributed by atoms with Crippen LogP contribution in [0.5, 0.6) is 0 Å². The van der Waals surface area contributed by atoms with Crippen molar-refractivity contribution in [1.82, 2.24) is 9.80 Å². The molecule has 2 saturated heterocycles. The van der Waals surface area contributed by atoms with Gasteiger partial charge in [0.2, 0.25) is 0 Å². The van der Waals surface area contributed by atoms with Gasteiger partial charge in [-0.1, -0.05) is 23.7 Å². The molecule has 188 valence electrons. The number of halogens is 3. The molecular weight excluding hydrogens is 474 g/mol. The van der Waals surface area contributed by atoms with Crippen molar-refractivity contribution in [1.29, 1.82) is 0 Å². The number of likely N-dealkylation sites (tertiary alicyclic amines) is 2. The minimum Gasteiger partial charge on any atom is -0.389 e. The van der Waals surface area contributed by atoms with Crippen molar-refractivity contribution in [2.24, 2.45) is 0 Å². The molecular formula is C27H31ClF2N2O3. The number of ketones is 1. The number of aliphatic hydroxyl groups is 2. The summed E-state index contributed by atoms with van der Waals surface area (Å²) in [5.41, 5.74) is 0.0461. The second kappa shape index (κ2) is 11.2. The first-order chi connectivity index (χ1) is 16.7. The van der Waals surface area contributed by atoms with E-state index >= 15 is 0 Å². The third-order valence-electron chi connectivity index (χ3n) is 7.23. The lowest BCUT2D eigenvalue weighted by Gasteiger charge is -2.43. The van der Waals surface area contributed by atoms with E-state index < -0.39 is 29.1 Å². The lowest BCUT2D eigenvalue weighted by Crippen LogP contribution is -2.54. The number of rotatable bonds is 7. The van der Waals surface area contributed by atoms with Crippen LogP contribution in [-0.4, -0.2) is 70.2 Å². The summed E-state index contributed by atoms with van der Waals surface area (Å²) < 4.78 is 26.7. The molecule has 4 rings (SSSR count). The highest BCUT2D eigenvalue weighted by molar-refractivity contribution is 6.30. The van der Waals surface area contributed by atoms with E-state index in [2.05, 4.69) is 17.0 Å². The van der Waals surface area contributed by atoms with Gasteiger partial charge in [0.1, 0.15) is 11.6 Å². The summed E-state index contributed by atoms with van der Waals surface area (Å²) in [6.07, 6.45) is 4.71. The molecule has 5 nitrogen and oxygen atoms in total. The van der Waals surface area contributed by atoms with E-state index in [0.29, 0.717) is 38.4 Å². The largest absolute Gasteiger partial charge is 0.389 e. The highest BCUT2D eigenvalue weighted by atomic mass is 35.5. The average molecular weight is 505 g/mol. The van der Waals surface area contributed by atoms with Gasteiger partial charge in [0.05, 0.1) is 11.7 Å². The maximum atomic E-state index is 13.3. The van der Waals surface area contributed by atoms with Gasteiger partial charge in [-0.2, -0.15) is 0 Å². The molecule has 0 spiro atoms. The SMILES string of the molecule is O=C(C=CN1CCC(O)(C(O)CN2CCC(c3ccc(Cl)cc3)CC2)CC1)c1cc(F)cc(F)c1. The molecule has 2 fully saturated rings. The maximum Gasteiger partial charge on any atom is 0.187 e. The number of benzene rings is 2. The highest BCUT2D eigenvalue weighted by Gasteiger charge is 2.39. The van der Waals surface area contributed by atoms with E-state index in [1.165, 1.54) is 11.6 Å². The predicted octanol–water partition coefficient (Wildman–Crippen LogP) is 4.38. The number of aliphatic hydroxyl groups excluding tert-OH is 1. The first kappa shape index (κ1) is 25.8. The highest BCUT2D eigenvalue weighted by Crippen LogP contribution is 2.31. The Bertz CT molecular complexity index is 1030. The summed E-state index contributed by atoms with van der Waals surface area (Å²) >= 11 is 5.99. The molecule has 35 heavy (non-hydrogen) atoms. The summed E-state index contributed by atoms with van der Waals surface area (Å²) in [5.74, 6) is -1.61. The molecule has 2 aliphatic rings. The third kappa shape index (κ3) is 6.67. The minimum absolute atomic E-state index is 0.0532. The molecule has 2 N–H and O–H groups in total. The van der Waals surface area contributed by atoms with Crippen molar-refractivity contribution >= 4 is 17.4 Å². The Morgan fingerprint density at radius 1 is 1.06 bits per heavy atom. The Hall–Kier alpha value is -2.32. The summed E-state index contributed by atoms with van der Waals surface area (Å²) in [6.45, 7) is 3.07. The van der Waals surface area contributed by atoms with Crippen LogP contribution < -0.4 is 0 Å². The van der Waals surface area contributed by atoms with Crippen molar-refractivity contribution in [2.45, 2.75) is 43.3 Å². The first-order valence-electron chi connectivity index (χ1n) is 12.0. The fourth-order valence-corrected chi connectivity index (χ4v) is 5.08. The summed E-state index contributed by atoms with van der Waals surface area (Å²) in [4.78, 5) is 16.3. The van der Waals surface area contributed by atoms with Gasteiger partial charge in [0.15, 0.2) is 5.78 Å². The molecule has 0 bridgehead atoms. The van der Waals surface area contributed by atoms with Crippen molar-refractivity contribution in [3.63, 3.8) is 0 Å². The standard InChI is InChI=1S/C27H31ClF2N2O3/c28-22-3-1-19(2-4-22)20-5-10-32(11-6-20)18-26(34)27(35)8-13-31(14-9-27)12-7-25(33)21-15-23(29)17-24(30)16-21/h1-4,7,12,15-17,20,26,34-35H,5-6,8-11,13-14,18H2. The van der Waals surface area contributed by atoms with E-state index in [9.17, 15) is 23.8 Å². The molecule has 0 saturated carbocycles. The zero-order valence-corrected chi connectivity index (χ0v) is 20.3. The van der Waals surface area contributed by atoms with E-state index in [1.54, 1.807) is 6.20 Å². The Kier molecular flexibility index (Phi) is 8.22. The number of piperidine rings is 2. The lowest BCUT2D eigenvalue weighted by atomic mass is 9.84. The predicted molar refractivity (Wildman–Crippen MR) is 131 cm³/mol. The van der Waals surface area contributed by atoms with Crippen molar-refractivity contribution in [3.05, 3.63) is 82.5 Å². The van der Waals surface area contributed by atoms with E-state index in [-0.39, 0.29) is 5.56 Å². The molecule has 8 heteroatoms. The molecule has 2 aliphatic heterocycles. The summed E-state index contributed by atoms with van der Waals surface area (Å²) in [5, 5.41) is 22.6. The zero-order chi connectivity index (χ0) is 25.0. The number of nitrogens with zero attached hydrogens (tertiary/aromatic N) is 2. The fraction of sp³-hybridized carbons (Fsp3) is 0.444. The van der Waals surface area contributed by atoms with Gasteiger partial charge in [-0.15, -0.1) is 0 Å². The summed E-state index contributed by atoms with van der Waals surface area (Å²) in [6, 6.07) is 10.7. The van der Waals surface area contributed by atoms with Gasteiger partial charge in [0.25, 0.3) is 0 Å². The molecule has 1 atom stereocenters. The van der Waals surface area contributed by atoms with Crippen molar-refractivity contribution < 1.29 is 23.8 Å². The Balaban J connectivity index is 1.24. The van der Waals surface area contributed by atoms with Crippen LogP contribution >= 0.6 is 11.6 Å². The number of hydrogen-bond acceptors (Lipinski definition) is 5. The average Bonchev–Trinajstić information content (AvgIpc) is 2.84. The van der Waals surface area contributed by atoms with E-state index in [4.69, 9.17) is 11.6 Å². The van der Waals surface area contributed by atoms with E-state index in [1.807, 2.05) is 17.0 Å². The number of carbonyl (C=O) groups is 1. The lowest BCUT2D eigenvalue weighted by molar-refractivity contribution is -0.114. The van der Waals surface area contributed by atoms with E-state index in [0.717, 1.165) is 49.2 Å². The molecule has 0 aliphatic carbocycles. The number of hydrogen-bond donors (Lipinski definition) is 2. The topological polar surface area (TPSA) is 64.0 Å². The molecule has 1 unspecified atom stereocenters. The second-order valence-electron chi connectivity index (χ2n) is 9.62. The van der Waals surface area contributed by atoms with Crippen molar-refractivity contribution in [2.75, 3.05) is 32.7 Å². The monoisotopic (exact) mass is 504 g/mol. The van der Waals surface area contributed by atoms with Crippen LogP contribution in [0.4, 0.5) is 8.78 Å². The fourth-order valence-electron chi connectivity index (χ4n) is 4.96. The summed E-state index contributed by atoms with van der Waals surface area (Å²) in [7, 11) is 0. The first-order valence-corrected chi connectivity index (χ1v) is 12.4.